The van der Waals surface area contributed by atoms with E-state index in [0.29, 0.717) is 11.3 Å². The SMILES string of the molecule is CN(CC(=O)NCC(=O)Nc1ccc(F)cc1)Cc1c(F)cccc1Cl. The summed E-state index contributed by atoms with van der Waals surface area (Å²) >= 11 is 5.96. The highest BCUT2D eigenvalue weighted by atomic mass is 35.5. The molecule has 2 aromatic rings. The summed E-state index contributed by atoms with van der Waals surface area (Å²) in [4.78, 5) is 25.3. The minimum Gasteiger partial charge on any atom is -0.346 e. The first-order valence-electron chi connectivity index (χ1n) is 7.78. The monoisotopic (exact) mass is 381 g/mol. The molecule has 26 heavy (non-hydrogen) atoms. The van der Waals surface area contributed by atoms with E-state index >= 15 is 0 Å². The van der Waals surface area contributed by atoms with Crippen LogP contribution in [-0.2, 0) is 16.1 Å². The maximum atomic E-state index is 13.7. The van der Waals surface area contributed by atoms with Crippen LogP contribution in [0.4, 0.5) is 14.5 Å². The second kappa shape index (κ2) is 9.26. The molecule has 0 radical (unpaired) electrons. The van der Waals surface area contributed by atoms with Crippen LogP contribution in [0.2, 0.25) is 5.02 Å². The summed E-state index contributed by atoms with van der Waals surface area (Å²) in [6.45, 7) is -0.111. The van der Waals surface area contributed by atoms with Crippen LogP contribution in [0, 0.1) is 11.6 Å². The fraction of sp³-hybridized carbons (Fsp3) is 0.222. The van der Waals surface area contributed by atoms with E-state index < -0.39 is 23.4 Å². The van der Waals surface area contributed by atoms with Gasteiger partial charge in [-0.15, -0.1) is 0 Å². The predicted molar refractivity (Wildman–Crippen MR) is 95.8 cm³/mol. The van der Waals surface area contributed by atoms with E-state index in [2.05, 4.69) is 10.6 Å². The molecule has 5 nitrogen and oxygen atoms in total. The van der Waals surface area contributed by atoms with Crippen LogP contribution in [0.15, 0.2) is 42.5 Å². The number of benzene rings is 2. The van der Waals surface area contributed by atoms with E-state index in [1.54, 1.807) is 18.0 Å². The van der Waals surface area contributed by atoms with Gasteiger partial charge in [-0.3, -0.25) is 14.5 Å². The molecule has 2 aromatic carbocycles. The zero-order valence-corrected chi connectivity index (χ0v) is 14.8. The van der Waals surface area contributed by atoms with Crippen molar-refractivity contribution in [3.63, 3.8) is 0 Å². The number of nitrogens with one attached hydrogen (secondary N) is 2. The number of rotatable bonds is 7. The molecule has 0 aliphatic heterocycles. The summed E-state index contributed by atoms with van der Waals surface area (Å²) in [6.07, 6.45) is 0. The summed E-state index contributed by atoms with van der Waals surface area (Å²) < 4.78 is 26.5. The Morgan fingerprint density at radius 3 is 2.42 bits per heavy atom. The van der Waals surface area contributed by atoms with Crippen molar-refractivity contribution < 1.29 is 18.4 Å². The Bertz CT molecular complexity index is 764. The maximum Gasteiger partial charge on any atom is 0.243 e. The number of halogens is 3. The molecular formula is C18H18ClF2N3O2. The highest BCUT2D eigenvalue weighted by Gasteiger charge is 2.13. The topological polar surface area (TPSA) is 61.4 Å². The zero-order chi connectivity index (χ0) is 19.1. The highest BCUT2D eigenvalue weighted by molar-refractivity contribution is 6.31. The number of likely N-dealkylation sites (N-methyl/N-ethyl adjacent to an activating group) is 1. The molecule has 0 aliphatic carbocycles. The number of hydrogen-bond acceptors (Lipinski definition) is 3. The molecule has 138 valence electrons. The van der Waals surface area contributed by atoms with Gasteiger partial charge in [-0.05, 0) is 43.4 Å². The third-order valence-electron chi connectivity index (χ3n) is 3.48. The van der Waals surface area contributed by atoms with Gasteiger partial charge in [0, 0.05) is 22.8 Å². The van der Waals surface area contributed by atoms with E-state index in [1.165, 1.54) is 36.4 Å². The lowest BCUT2D eigenvalue weighted by Crippen LogP contribution is -2.39. The van der Waals surface area contributed by atoms with Crippen LogP contribution in [0.25, 0.3) is 0 Å². The van der Waals surface area contributed by atoms with Crippen LogP contribution in [-0.4, -0.2) is 36.9 Å². The lowest BCUT2D eigenvalue weighted by atomic mass is 10.2. The van der Waals surface area contributed by atoms with E-state index in [0.717, 1.165) is 0 Å². The number of hydrogen-bond donors (Lipinski definition) is 2. The van der Waals surface area contributed by atoms with Gasteiger partial charge in [0.15, 0.2) is 0 Å². The van der Waals surface area contributed by atoms with Gasteiger partial charge in [0.1, 0.15) is 11.6 Å². The molecule has 0 atom stereocenters. The third kappa shape index (κ3) is 6.09. The number of carbonyl (C=O) groups excluding carboxylic acids is 2. The van der Waals surface area contributed by atoms with Gasteiger partial charge >= 0.3 is 0 Å². The van der Waals surface area contributed by atoms with Crippen molar-refractivity contribution in [3.05, 3.63) is 64.7 Å². The van der Waals surface area contributed by atoms with Gasteiger partial charge in [0.25, 0.3) is 0 Å². The summed E-state index contributed by atoms with van der Waals surface area (Å²) in [6, 6.07) is 9.66. The van der Waals surface area contributed by atoms with Crippen molar-refractivity contribution in [2.75, 3.05) is 25.5 Å². The molecule has 8 heteroatoms. The van der Waals surface area contributed by atoms with Crippen LogP contribution in [0.3, 0.4) is 0 Å². The predicted octanol–water partition coefficient (Wildman–Crippen LogP) is 2.80. The van der Waals surface area contributed by atoms with Crippen LogP contribution < -0.4 is 10.6 Å². The Morgan fingerprint density at radius 1 is 1.08 bits per heavy atom. The molecule has 2 rings (SSSR count). The van der Waals surface area contributed by atoms with Crippen molar-refractivity contribution in [1.29, 1.82) is 0 Å². The van der Waals surface area contributed by atoms with Crippen LogP contribution in [0.5, 0.6) is 0 Å². The smallest absolute Gasteiger partial charge is 0.243 e. The van der Waals surface area contributed by atoms with Crippen molar-refractivity contribution in [2.45, 2.75) is 6.54 Å². The average molecular weight is 382 g/mol. The molecule has 0 saturated carbocycles. The van der Waals surface area contributed by atoms with Gasteiger partial charge in [-0.2, -0.15) is 0 Å². The number of anilines is 1. The molecule has 0 unspecified atom stereocenters. The molecule has 0 fully saturated rings. The first-order valence-corrected chi connectivity index (χ1v) is 8.16. The summed E-state index contributed by atoms with van der Waals surface area (Å²) in [5.74, 6) is -1.68. The first kappa shape index (κ1) is 19.8. The molecule has 2 amide bonds. The number of carbonyl (C=O) groups is 2. The third-order valence-corrected chi connectivity index (χ3v) is 3.83. The lowest BCUT2D eigenvalue weighted by molar-refractivity contribution is -0.124. The quantitative estimate of drug-likeness (QED) is 0.775. The molecule has 0 bridgehead atoms. The zero-order valence-electron chi connectivity index (χ0n) is 14.1. The summed E-state index contributed by atoms with van der Waals surface area (Å²) in [5.41, 5.74) is 0.732. The van der Waals surface area contributed by atoms with Gasteiger partial charge in [-0.25, -0.2) is 8.78 Å². The normalized spacial score (nSPS) is 10.7. The van der Waals surface area contributed by atoms with Gasteiger partial charge in [-0.1, -0.05) is 17.7 Å². The standard InChI is InChI=1S/C18H18ClF2N3O2/c1-24(10-14-15(19)3-2-4-16(14)21)11-18(26)22-9-17(25)23-13-7-5-12(20)6-8-13/h2-8H,9-11H2,1H3,(H,22,26)(H,23,25). The van der Waals surface area contributed by atoms with Gasteiger partial charge in [0.05, 0.1) is 13.1 Å². The highest BCUT2D eigenvalue weighted by Crippen LogP contribution is 2.20. The number of nitrogens with zero attached hydrogens (tertiary/aromatic N) is 1. The van der Waals surface area contributed by atoms with E-state index in [9.17, 15) is 18.4 Å². The van der Waals surface area contributed by atoms with Gasteiger partial charge < -0.3 is 10.6 Å². The molecule has 0 heterocycles. The minimum absolute atomic E-state index is 0.0332. The Morgan fingerprint density at radius 2 is 1.77 bits per heavy atom. The Hall–Kier alpha value is -2.51. The second-order valence-corrected chi connectivity index (χ2v) is 6.11. The van der Waals surface area contributed by atoms with Crippen molar-refractivity contribution in [2.24, 2.45) is 0 Å². The fourth-order valence-corrected chi connectivity index (χ4v) is 2.45. The van der Waals surface area contributed by atoms with Gasteiger partial charge in [0.2, 0.25) is 11.8 Å². The Kier molecular flexibility index (Phi) is 7.06. The fourth-order valence-electron chi connectivity index (χ4n) is 2.23. The Balaban J connectivity index is 1.77. The van der Waals surface area contributed by atoms with Crippen molar-refractivity contribution >= 4 is 29.1 Å². The molecule has 0 saturated heterocycles. The molecule has 0 spiro atoms. The first-order chi connectivity index (χ1) is 12.3. The Labute approximate surface area is 154 Å². The molecule has 0 aliphatic rings. The van der Waals surface area contributed by atoms with E-state index in [4.69, 9.17) is 11.6 Å². The van der Waals surface area contributed by atoms with E-state index in [1.807, 2.05) is 0 Å². The number of amides is 2. The second-order valence-electron chi connectivity index (χ2n) is 5.70. The maximum absolute atomic E-state index is 13.7. The van der Waals surface area contributed by atoms with Crippen LogP contribution >= 0.6 is 11.6 Å². The summed E-state index contributed by atoms with van der Waals surface area (Å²) in [7, 11) is 1.64. The van der Waals surface area contributed by atoms with Crippen LogP contribution in [0.1, 0.15) is 5.56 Å². The summed E-state index contributed by atoms with van der Waals surface area (Å²) in [5, 5.41) is 5.29. The minimum atomic E-state index is -0.441. The van der Waals surface area contributed by atoms with Crippen molar-refractivity contribution in [1.82, 2.24) is 10.2 Å². The average Bonchev–Trinajstić information content (AvgIpc) is 2.58. The molecule has 0 aromatic heterocycles. The van der Waals surface area contributed by atoms with Crippen molar-refractivity contribution in [3.8, 4) is 0 Å². The molecule has 2 N–H and O–H groups in total. The lowest BCUT2D eigenvalue weighted by Gasteiger charge is -2.17. The molecular weight excluding hydrogens is 364 g/mol. The van der Waals surface area contributed by atoms with E-state index in [-0.39, 0.29) is 24.7 Å². The largest absolute Gasteiger partial charge is 0.346 e.